The monoisotopic (exact) mass is 278 g/mol. The average Bonchev–Trinajstić information content (AvgIpc) is 3.08. The number of carbonyl (C=O) groups is 1. The molecule has 104 valence electrons. The number of aldehydes is 1. The summed E-state index contributed by atoms with van der Waals surface area (Å²) in [5, 5.41) is 4.21. The predicted octanol–water partition coefficient (Wildman–Crippen LogP) is 3.26. The van der Waals surface area contributed by atoms with E-state index in [0.29, 0.717) is 12.2 Å². The maximum absolute atomic E-state index is 10.6. The number of rotatable bonds is 5. The van der Waals surface area contributed by atoms with Gasteiger partial charge in [-0.25, -0.2) is 4.68 Å². The molecule has 0 aliphatic carbocycles. The zero-order valence-corrected chi connectivity index (χ0v) is 11.3. The smallest absolute Gasteiger partial charge is 0.150 e. The molecule has 0 saturated carbocycles. The van der Waals surface area contributed by atoms with Crippen molar-refractivity contribution in [2.45, 2.75) is 6.61 Å². The minimum absolute atomic E-state index is 0.468. The summed E-state index contributed by atoms with van der Waals surface area (Å²) >= 11 is 0. The van der Waals surface area contributed by atoms with Gasteiger partial charge in [0.25, 0.3) is 0 Å². The minimum Gasteiger partial charge on any atom is -0.489 e. The molecule has 0 aliphatic rings. The Morgan fingerprint density at radius 2 is 1.95 bits per heavy atom. The van der Waals surface area contributed by atoms with Crippen molar-refractivity contribution in [3.63, 3.8) is 0 Å². The van der Waals surface area contributed by atoms with Crippen LogP contribution in [0.1, 0.15) is 15.9 Å². The molecule has 0 N–H and O–H groups in total. The van der Waals surface area contributed by atoms with Crippen LogP contribution < -0.4 is 4.74 Å². The third kappa shape index (κ3) is 3.17. The highest BCUT2D eigenvalue weighted by Crippen LogP contribution is 2.15. The van der Waals surface area contributed by atoms with Gasteiger partial charge in [-0.05, 0) is 48.0 Å². The zero-order valence-electron chi connectivity index (χ0n) is 11.3. The molecule has 0 radical (unpaired) electrons. The van der Waals surface area contributed by atoms with Crippen LogP contribution in [0.5, 0.6) is 5.75 Å². The summed E-state index contributed by atoms with van der Waals surface area (Å²) in [5.74, 6) is 0.741. The molecule has 2 aromatic carbocycles. The van der Waals surface area contributed by atoms with Gasteiger partial charge in [0.05, 0.1) is 5.69 Å². The van der Waals surface area contributed by atoms with Crippen LogP contribution in [0.15, 0.2) is 67.0 Å². The van der Waals surface area contributed by atoms with Crippen LogP contribution in [-0.4, -0.2) is 16.1 Å². The maximum atomic E-state index is 10.6. The Morgan fingerprint density at radius 1 is 1.10 bits per heavy atom. The van der Waals surface area contributed by atoms with E-state index >= 15 is 0 Å². The third-order valence-corrected chi connectivity index (χ3v) is 3.10. The summed E-state index contributed by atoms with van der Waals surface area (Å²) in [4.78, 5) is 10.6. The standard InChI is InChI=1S/C17H14N2O2/c20-12-14-5-7-17(8-6-14)21-13-15-3-1-4-16(11-15)19-10-2-9-18-19/h1-12H,13H2. The fourth-order valence-electron chi connectivity index (χ4n) is 2.02. The van der Waals surface area contributed by atoms with E-state index in [0.717, 1.165) is 23.3 Å². The number of ether oxygens (including phenoxy) is 1. The van der Waals surface area contributed by atoms with Gasteiger partial charge in [0.2, 0.25) is 0 Å². The molecule has 0 saturated heterocycles. The largest absolute Gasteiger partial charge is 0.489 e. The first kappa shape index (κ1) is 13.1. The summed E-state index contributed by atoms with van der Waals surface area (Å²) in [5.41, 5.74) is 2.70. The highest BCUT2D eigenvalue weighted by molar-refractivity contribution is 5.74. The Labute approximate surface area is 122 Å². The molecule has 1 heterocycles. The first-order valence-electron chi connectivity index (χ1n) is 6.62. The van der Waals surface area contributed by atoms with Crippen molar-refractivity contribution in [2.24, 2.45) is 0 Å². The van der Waals surface area contributed by atoms with Crippen molar-refractivity contribution in [3.8, 4) is 11.4 Å². The van der Waals surface area contributed by atoms with E-state index in [9.17, 15) is 4.79 Å². The molecule has 4 heteroatoms. The molecule has 1 aromatic heterocycles. The Hall–Kier alpha value is -2.88. The van der Waals surface area contributed by atoms with Gasteiger partial charge in [0.15, 0.2) is 0 Å². The van der Waals surface area contributed by atoms with Gasteiger partial charge >= 0.3 is 0 Å². The number of hydrogen-bond donors (Lipinski definition) is 0. The van der Waals surface area contributed by atoms with E-state index in [4.69, 9.17) is 4.74 Å². The summed E-state index contributed by atoms with van der Waals surface area (Å²) in [6.45, 7) is 0.468. The van der Waals surface area contributed by atoms with Crippen LogP contribution in [0.4, 0.5) is 0 Å². The van der Waals surface area contributed by atoms with Crippen LogP contribution in [-0.2, 0) is 6.61 Å². The molecule has 4 nitrogen and oxygen atoms in total. The van der Waals surface area contributed by atoms with Crippen molar-refractivity contribution in [3.05, 3.63) is 78.1 Å². The summed E-state index contributed by atoms with van der Waals surface area (Å²) in [6.07, 6.45) is 4.47. The van der Waals surface area contributed by atoms with Crippen molar-refractivity contribution >= 4 is 6.29 Å². The number of aromatic nitrogens is 2. The molecular weight excluding hydrogens is 264 g/mol. The van der Waals surface area contributed by atoms with E-state index < -0.39 is 0 Å². The van der Waals surface area contributed by atoms with Gasteiger partial charge < -0.3 is 4.74 Å². The lowest BCUT2D eigenvalue weighted by atomic mass is 10.2. The molecule has 0 atom stereocenters. The van der Waals surface area contributed by atoms with Gasteiger partial charge in [-0.1, -0.05) is 12.1 Å². The second kappa shape index (κ2) is 6.05. The van der Waals surface area contributed by atoms with Crippen molar-refractivity contribution < 1.29 is 9.53 Å². The fraction of sp³-hybridized carbons (Fsp3) is 0.0588. The van der Waals surface area contributed by atoms with Gasteiger partial charge in [-0.2, -0.15) is 5.10 Å². The molecule has 3 aromatic rings. The van der Waals surface area contributed by atoms with Gasteiger partial charge in [0.1, 0.15) is 18.6 Å². The van der Waals surface area contributed by atoms with E-state index in [2.05, 4.69) is 5.10 Å². The lowest BCUT2D eigenvalue weighted by Crippen LogP contribution is -1.99. The topological polar surface area (TPSA) is 44.1 Å². The number of nitrogens with zero attached hydrogens (tertiary/aromatic N) is 2. The molecule has 0 unspecified atom stereocenters. The Balaban J connectivity index is 1.70. The normalized spacial score (nSPS) is 10.3. The van der Waals surface area contributed by atoms with Crippen LogP contribution in [0, 0.1) is 0 Å². The van der Waals surface area contributed by atoms with E-state index in [1.54, 1.807) is 30.5 Å². The second-order valence-electron chi connectivity index (χ2n) is 4.60. The second-order valence-corrected chi connectivity index (χ2v) is 4.60. The third-order valence-electron chi connectivity index (χ3n) is 3.10. The lowest BCUT2D eigenvalue weighted by molar-refractivity contribution is 0.112. The Kier molecular flexibility index (Phi) is 3.78. The highest BCUT2D eigenvalue weighted by atomic mass is 16.5. The predicted molar refractivity (Wildman–Crippen MR) is 79.7 cm³/mol. The summed E-state index contributed by atoms with van der Waals surface area (Å²) in [7, 11) is 0. The first-order valence-corrected chi connectivity index (χ1v) is 6.62. The number of benzene rings is 2. The zero-order chi connectivity index (χ0) is 14.5. The molecular formula is C17H14N2O2. The van der Waals surface area contributed by atoms with Gasteiger partial charge in [-0.15, -0.1) is 0 Å². The van der Waals surface area contributed by atoms with Crippen LogP contribution in [0.2, 0.25) is 0 Å². The Bertz CT molecular complexity index is 719. The number of carbonyl (C=O) groups excluding carboxylic acids is 1. The first-order chi connectivity index (χ1) is 10.3. The quantitative estimate of drug-likeness (QED) is 0.673. The average molecular weight is 278 g/mol. The highest BCUT2D eigenvalue weighted by Gasteiger charge is 2.00. The fourth-order valence-corrected chi connectivity index (χ4v) is 2.02. The molecule has 21 heavy (non-hydrogen) atoms. The summed E-state index contributed by atoms with van der Waals surface area (Å²) < 4.78 is 7.53. The molecule has 0 fully saturated rings. The van der Waals surface area contributed by atoms with Gasteiger partial charge in [0, 0.05) is 18.0 Å². The van der Waals surface area contributed by atoms with E-state index in [1.807, 2.05) is 41.2 Å². The van der Waals surface area contributed by atoms with Crippen LogP contribution in [0.3, 0.4) is 0 Å². The summed E-state index contributed by atoms with van der Waals surface area (Å²) in [6, 6.07) is 17.0. The van der Waals surface area contributed by atoms with Crippen LogP contribution in [0.25, 0.3) is 5.69 Å². The van der Waals surface area contributed by atoms with Crippen LogP contribution >= 0.6 is 0 Å². The molecule has 0 aliphatic heterocycles. The lowest BCUT2D eigenvalue weighted by Gasteiger charge is -2.08. The SMILES string of the molecule is O=Cc1ccc(OCc2cccc(-n3cccn3)c2)cc1. The van der Waals surface area contributed by atoms with Crippen molar-refractivity contribution in [2.75, 3.05) is 0 Å². The molecule has 3 rings (SSSR count). The van der Waals surface area contributed by atoms with Crippen molar-refractivity contribution in [1.29, 1.82) is 0 Å². The van der Waals surface area contributed by atoms with E-state index in [-0.39, 0.29) is 0 Å². The minimum atomic E-state index is 0.468. The molecule has 0 bridgehead atoms. The Morgan fingerprint density at radius 3 is 2.67 bits per heavy atom. The van der Waals surface area contributed by atoms with Crippen molar-refractivity contribution in [1.82, 2.24) is 9.78 Å². The molecule has 0 spiro atoms. The maximum Gasteiger partial charge on any atom is 0.150 e. The van der Waals surface area contributed by atoms with E-state index in [1.165, 1.54) is 0 Å². The number of hydrogen-bond acceptors (Lipinski definition) is 3. The molecule has 0 amide bonds. The van der Waals surface area contributed by atoms with Gasteiger partial charge in [-0.3, -0.25) is 4.79 Å².